The van der Waals surface area contributed by atoms with Gasteiger partial charge in [0.25, 0.3) is 5.91 Å². The second-order valence-corrected chi connectivity index (χ2v) is 5.36. The molecule has 1 aliphatic rings. The molecule has 0 unspecified atom stereocenters. The molecule has 0 radical (unpaired) electrons. The van der Waals surface area contributed by atoms with Crippen LogP contribution in [0.3, 0.4) is 0 Å². The van der Waals surface area contributed by atoms with Gasteiger partial charge >= 0.3 is 6.03 Å². The van der Waals surface area contributed by atoms with E-state index >= 15 is 0 Å². The lowest BCUT2D eigenvalue weighted by Crippen LogP contribution is -2.28. The van der Waals surface area contributed by atoms with Gasteiger partial charge in [0, 0.05) is 36.6 Å². The van der Waals surface area contributed by atoms with Gasteiger partial charge in [0.2, 0.25) is 0 Å². The van der Waals surface area contributed by atoms with Gasteiger partial charge < -0.3 is 16.4 Å². The van der Waals surface area contributed by atoms with Gasteiger partial charge in [0.05, 0.1) is 0 Å². The number of nitrogens with zero attached hydrogens (tertiary/aromatic N) is 1. The van der Waals surface area contributed by atoms with Crippen molar-refractivity contribution in [1.29, 1.82) is 0 Å². The third-order valence-electron chi connectivity index (χ3n) is 3.70. The maximum absolute atomic E-state index is 12.1. The van der Waals surface area contributed by atoms with Crippen LogP contribution < -0.4 is 21.3 Å². The number of nitrogens with two attached hydrogens (primary N) is 1. The van der Waals surface area contributed by atoms with Crippen LogP contribution in [0.4, 0.5) is 16.2 Å². The summed E-state index contributed by atoms with van der Waals surface area (Å²) >= 11 is 0. The van der Waals surface area contributed by atoms with Crippen LogP contribution in [0, 0.1) is 0 Å². The van der Waals surface area contributed by atoms with Crippen LogP contribution in [0.2, 0.25) is 0 Å². The Balaban J connectivity index is 1.65. The highest BCUT2D eigenvalue weighted by molar-refractivity contribution is 5.95. The number of hydrogen-bond donors (Lipinski definition) is 3. The number of nitrogens with one attached hydrogen (secondary N) is 2. The van der Waals surface area contributed by atoms with E-state index in [0.717, 1.165) is 11.3 Å². The maximum atomic E-state index is 12.1. The molecule has 2 aromatic carbocycles. The first kappa shape index (κ1) is 14.9. The van der Waals surface area contributed by atoms with Crippen LogP contribution in [0.25, 0.3) is 0 Å². The van der Waals surface area contributed by atoms with Crippen molar-refractivity contribution >= 4 is 23.3 Å². The van der Waals surface area contributed by atoms with Gasteiger partial charge in [0.1, 0.15) is 0 Å². The summed E-state index contributed by atoms with van der Waals surface area (Å²) in [5.74, 6) is -0.158. The second kappa shape index (κ2) is 6.39. The predicted octanol–water partition coefficient (Wildman–Crippen LogP) is 1.73. The lowest BCUT2D eigenvalue weighted by molar-refractivity contribution is 0.0951. The van der Waals surface area contributed by atoms with Crippen molar-refractivity contribution in [3.63, 3.8) is 0 Å². The molecule has 0 saturated carbocycles. The molecule has 4 N–H and O–H groups in total. The standard InChI is InChI=1S/C17H18N4O2/c18-14-6-4-13(5-7-14)16(22)20-11-12-2-1-3-15(10-12)21-9-8-19-17(21)23/h1-7,10H,8-9,11,18H2,(H,19,23)(H,20,22). The summed E-state index contributed by atoms with van der Waals surface area (Å²) in [6.07, 6.45) is 0. The Morgan fingerprint density at radius 2 is 2.00 bits per heavy atom. The molecule has 0 spiro atoms. The van der Waals surface area contributed by atoms with Crippen molar-refractivity contribution in [2.24, 2.45) is 0 Å². The molecule has 0 atom stereocenters. The quantitative estimate of drug-likeness (QED) is 0.752. The Morgan fingerprint density at radius 3 is 2.70 bits per heavy atom. The Morgan fingerprint density at radius 1 is 1.22 bits per heavy atom. The van der Waals surface area contributed by atoms with Crippen molar-refractivity contribution in [2.75, 3.05) is 23.7 Å². The van der Waals surface area contributed by atoms with Crippen molar-refractivity contribution in [3.05, 3.63) is 59.7 Å². The smallest absolute Gasteiger partial charge is 0.321 e. The van der Waals surface area contributed by atoms with E-state index in [9.17, 15) is 9.59 Å². The SMILES string of the molecule is Nc1ccc(C(=O)NCc2cccc(N3CCNC3=O)c2)cc1. The minimum absolute atomic E-state index is 0.0898. The molecule has 23 heavy (non-hydrogen) atoms. The zero-order valence-electron chi connectivity index (χ0n) is 12.6. The zero-order chi connectivity index (χ0) is 16.2. The maximum Gasteiger partial charge on any atom is 0.321 e. The summed E-state index contributed by atoms with van der Waals surface area (Å²) in [5, 5.41) is 5.64. The van der Waals surface area contributed by atoms with Gasteiger partial charge in [-0.1, -0.05) is 12.1 Å². The minimum Gasteiger partial charge on any atom is -0.399 e. The first-order chi connectivity index (χ1) is 11.1. The molecule has 118 valence electrons. The minimum atomic E-state index is -0.158. The molecule has 0 aromatic heterocycles. The average Bonchev–Trinajstić information content (AvgIpc) is 3.00. The van der Waals surface area contributed by atoms with Crippen LogP contribution in [-0.4, -0.2) is 25.0 Å². The summed E-state index contributed by atoms with van der Waals surface area (Å²) in [4.78, 5) is 25.5. The van der Waals surface area contributed by atoms with Gasteiger partial charge in [-0.3, -0.25) is 9.69 Å². The molecular weight excluding hydrogens is 292 g/mol. The fourth-order valence-corrected chi connectivity index (χ4v) is 2.47. The Kier molecular flexibility index (Phi) is 4.14. The van der Waals surface area contributed by atoms with E-state index in [-0.39, 0.29) is 11.9 Å². The summed E-state index contributed by atoms with van der Waals surface area (Å²) in [7, 11) is 0. The van der Waals surface area contributed by atoms with Crippen molar-refractivity contribution in [1.82, 2.24) is 10.6 Å². The van der Waals surface area contributed by atoms with Gasteiger partial charge in [-0.25, -0.2) is 4.79 Å². The van der Waals surface area contributed by atoms with Crippen LogP contribution >= 0.6 is 0 Å². The van der Waals surface area contributed by atoms with Crippen molar-refractivity contribution < 1.29 is 9.59 Å². The number of nitrogen functional groups attached to an aromatic ring is 1. The van der Waals surface area contributed by atoms with Gasteiger partial charge in [-0.15, -0.1) is 0 Å². The third kappa shape index (κ3) is 3.42. The van der Waals surface area contributed by atoms with Crippen molar-refractivity contribution in [3.8, 4) is 0 Å². The monoisotopic (exact) mass is 310 g/mol. The van der Waals surface area contributed by atoms with Crippen LogP contribution in [0.1, 0.15) is 15.9 Å². The summed E-state index contributed by atoms with van der Waals surface area (Å²) < 4.78 is 0. The third-order valence-corrected chi connectivity index (χ3v) is 3.70. The first-order valence-corrected chi connectivity index (χ1v) is 7.41. The number of carbonyl (C=O) groups is 2. The number of benzene rings is 2. The molecule has 0 bridgehead atoms. The van der Waals surface area contributed by atoms with E-state index in [1.807, 2.05) is 24.3 Å². The highest BCUT2D eigenvalue weighted by Crippen LogP contribution is 2.18. The lowest BCUT2D eigenvalue weighted by atomic mass is 10.1. The molecule has 0 aliphatic carbocycles. The number of rotatable bonds is 4. The molecular formula is C17H18N4O2. The molecule has 3 amide bonds. The molecule has 2 aromatic rings. The number of carbonyl (C=O) groups excluding carboxylic acids is 2. The fraction of sp³-hybridized carbons (Fsp3) is 0.176. The Hall–Kier alpha value is -3.02. The highest BCUT2D eigenvalue weighted by atomic mass is 16.2. The topological polar surface area (TPSA) is 87.5 Å². The van der Waals surface area contributed by atoms with E-state index in [1.54, 1.807) is 29.2 Å². The van der Waals surface area contributed by atoms with E-state index in [1.165, 1.54) is 0 Å². The zero-order valence-corrected chi connectivity index (χ0v) is 12.6. The van der Waals surface area contributed by atoms with E-state index in [4.69, 9.17) is 5.73 Å². The van der Waals surface area contributed by atoms with Crippen LogP contribution in [-0.2, 0) is 6.54 Å². The predicted molar refractivity (Wildman–Crippen MR) is 89.2 cm³/mol. The van der Waals surface area contributed by atoms with Crippen LogP contribution in [0.5, 0.6) is 0 Å². The molecule has 1 fully saturated rings. The average molecular weight is 310 g/mol. The summed E-state index contributed by atoms with van der Waals surface area (Å²) in [6, 6.07) is 14.3. The van der Waals surface area contributed by atoms with Gasteiger partial charge in [-0.2, -0.15) is 0 Å². The molecule has 1 saturated heterocycles. The fourth-order valence-electron chi connectivity index (χ4n) is 2.47. The van der Waals surface area contributed by atoms with Crippen LogP contribution in [0.15, 0.2) is 48.5 Å². The van der Waals surface area contributed by atoms with Gasteiger partial charge in [0.15, 0.2) is 0 Å². The normalized spacial score (nSPS) is 13.7. The second-order valence-electron chi connectivity index (χ2n) is 5.36. The van der Waals surface area contributed by atoms with E-state index in [2.05, 4.69) is 10.6 Å². The molecule has 1 aliphatic heterocycles. The number of urea groups is 1. The molecule has 6 nitrogen and oxygen atoms in total. The largest absolute Gasteiger partial charge is 0.399 e. The molecule has 6 heteroatoms. The van der Waals surface area contributed by atoms with Gasteiger partial charge in [-0.05, 0) is 42.0 Å². The molecule has 3 rings (SSSR count). The van der Waals surface area contributed by atoms with Crippen molar-refractivity contribution in [2.45, 2.75) is 6.54 Å². The Labute approximate surface area is 134 Å². The Bertz CT molecular complexity index is 728. The lowest BCUT2D eigenvalue weighted by Gasteiger charge is -2.15. The summed E-state index contributed by atoms with van der Waals surface area (Å²) in [6.45, 7) is 1.70. The highest BCUT2D eigenvalue weighted by Gasteiger charge is 2.21. The number of anilines is 2. The van der Waals surface area contributed by atoms with E-state index in [0.29, 0.717) is 30.9 Å². The van der Waals surface area contributed by atoms with E-state index < -0.39 is 0 Å². The summed E-state index contributed by atoms with van der Waals surface area (Å²) in [5.41, 5.74) is 8.57. The number of hydrogen-bond acceptors (Lipinski definition) is 3. The number of amides is 3. The molecule has 1 heterocycles. The first-order valence-electron chi connectivity index (χ1n) is 7.41.